The first-order valence-electron chi connectivity index (χ1n) is 25.1. The average molecular weight is 944 g/mol. The summed E-state index contributed by atoms with van der Waals surface area (Å²) in [5.74, 6) is 0.210. The molecule has 1 N–H and O–H groups in total. The van der Waals surface area contributed by atoms with Gasteiger partial charge in [0.1, 0.15) is 6.10 Å². The van der Waals surface area contributed by atoms with Gasteiger partial charge in [0.2, 0.25) is 0 Å². The second-order valence-electron chi connectivity index (χ2n) is 17.7. The predicted octanol–water partition coefficient (Wildman–Crippen LogP) is 13.4. The van der Waals surface area contributed by atoms with E-state index in [4.69, 9.17) is 9.47 Å². The number of carbonyl (C=O) groups is 3. The molecular weight excluding hydrogens is 849 g/mol. The van der Waals surface area contributed by atoms with Crippen molar-refractivity contribution < 1.29 is 23.9 Å². The molecule has 0 saturated heterocycles. The number of rotatable bonds is 45. The molecule has 8 nitrogen and oxygen atoms in total. The lowest BCUT2D eigenvalue weighted by Crippen LogP contribution is -2.37. The molecule has 1 unspecified atom stereocenters. The lowest BCUT2D eigenvalue weighted by Gasteiger charge is -2.29. The quantitative estimate of drug-likeness (QED) is 0.0280. The van der Waals surface area contributed by atoms with E-state index >= 15 is 0 Å². The van der Waals surface area contributed by atoms with E-state index in [-0.39, 0.29) is 23.8 Å². The van der Waals surface area contributed by atoms with Crippen LogP contribution < -0.4 is 5.32 Å². The Morgan fingerprint density at radius 1 is 0.593 bits per heavy atom. The molecule has 59 heavy (non-hydrogen) atoms. The average Bonchev–Trinajstić information content (AvgIpc) is 3.21. The number of hydrogen-bond acceptors (Lipinski definition) is 8. The number of carbonyl (C=O) groups excluding carboxylic acids is 3. The van der Waals surface area contributed by atoms with Crippen molar-refractivity contribution in [2.75, 3.05) is 51.3 Å². The van der Waals surface area contributed by atoms with E-state index in [1.54, 1.807) is 0 Å². The molecule has 1 aliphatic rings. The molecule has 1 atom stereocenters. The van der Waals surface area contributed by atoms with E-state index in [0.29, 0.717) is 25.9 Å². The number of nitrogens with one attached hydrogen (secondary N) is 1. The van der Waals surface area contributed by atoms with Gasteiger partial charge < -0.3 is 24.6 Å². The molecule has 1 aliphatic carbocycles. The van der Waals surface area contributed by atoms with E-state index in [2.05, 4.69) is 46.7 Å². The van der Waals surface area contributed by atoms with Crippen LogP contribution in [0.4, 0.5) is 0 Å². The van der Waals surface area contributed by atoms with Gasteiger partial charge >= 0.3 is 11.9 Å². The Kier molecular flexibility index (Phi) is 38.4. The number of hydrogen-bond donors (Lipinski definition) is 1. The number of nitrogens with zero attached hydrogens (tertiary/aromatic N) is 2. The van der Waals surface area contributed by atoms with E-state index < -0.39 is 0 Å². The van der Waals surface area contributed by atoms with Crippen LogP contribution in [0.2, 0.25) is 0 Å². The number of ether oxygens (including phenoxy) is 2. The highest BCUT2D eigenvalue weighted by Gasteiger charge is 2.28. The molecule has 9 heteroatoms. The van der Waals surface area contributed by atoms with Gasteiger partial charge in [0.05, 0.1) is 18.7 Å². The van der Waals surface area contributed by atoms with Gasteiger partial charge in [-0.2, -0.15) is 0 Å². The van der Waals surface area contributed by atoms with Gasteiger partial charge in [0, 0.05) is 39.2 Å². The van der Waals surface area contributed by atoms with Crippen LogP contribution in [-0.2, 0) is 23.9 Å². The Balaban J connectivity index is 2.35. The fourth-order valence-electron chi connectivity index (χ4n) is 8.06. The first kappa shape index (κ1) is 55.7. The van der Waals surface area contributed by atoms with Crippen LogP contribution in [0.25, 0.3) is 0 Å². The zero-order valence-corrected chi connectivity index (χ0v) is 41.3. The second-order valence-corrected chi connectivity index (χ2v) is 18.8. The van der Waals surface area contributed by atoms with Crippen molar-refractivity contribution in [3.8, 4) is 0 Å². The maximum Gasteiger partial charge on any atom is 0.306 e. The minimum absolute atomic E-state index is 0.0153. The normalized spacial score (nSPS) is 13.2. The van der Waals surface area contributed by atoms with E-state index in [0.717, 1.165) is 108 Å². The predicted molar refractivity (Wildman–Crippen MR) is 258 cm³/mol. The second kappa shape index (κ2) is 40.7. The summed E-state index contributed by atoms with van der Waals surface area (Å²) < 4.78 is 12.8. The SMILES string of the molecule is CCCCCCCCCOC(=O)CCCCCCCN(CCCCCCCC(=O)OC(CCCCCCCC)CCCCCCCI)CCCNC1=C(N(C)C)CC1=O. The number of Topliss-reactive ketones (excluding diaryl/α,β-unsaturated/α-hetero) is 1. The van der Waals surface area contributed by atoms with Gasteiger partial charge in [-0.1, -0.05) is 165 Å². The fraction of sp³-hybridized carbons (Fsp3) is 0.900. The van der Waals surface area contributed by atoms with Gasteiger partial charge in [-0.3, -0.25) is 14.4 Å². The third kappa shape index (κ3) is 32.9. The highest BCUT2D eigenvalue weighted by Crippen LogP contribution is 2.23. The number of halogens is 1. The maximum atomic E-state index is 12.9. The Bertz CT molecular complexity index is 1040. The summed E-state index contributed by atoms with van der Waals surface area (Å²) >= 11 is 2.47. The molecule has 0 aromatic rings. The van der Waals surface area contributed by atoms with Crippen molar-refractivity contribution in [1.29, 1.82) is 0 Å². The van der Waals surface area contributed by atoms with Crippen LogP contribution in [0.1, 0.15) is 232 Å². The smallest absolute Gasteiger partial charge is 0.306 e. The van der Waals surface area contributed by atoms with Crippen LogP contribution >= 0.6 is 22.6 Å². The molecular formula is C50H94IN3O5. The molecule has 0 amide bonds. The first-order chi connectivity index (χ1) is 28.8. The van der Waals surface area contributed by atoms with Crippen molar-refractivity contribution in [3.05, 3.63) is 11.4 Å². The van der Waals surface area contributed by atoms with Crippen LogP contribution in [0.15, 0.2) is 11.4 Å². The third-order valence-electron chi connectivity index (χ3n) is 11.9. The number of ketones is 1. The minimum Gasteiger partial charge on any atom is -0.466 e. The molecule has 0 saturated carbocycles. The van der Waals surface area contributed by atoms with E-state index in [1.807, 2.05) is 19.0 Å². The monoisotopic (exact) mass is 944 g/mol. The van der Waals surface area contributed by atoms with Crippen molar-refractivity contribution in [2.24, 2.45) is 0 Å². The topological polar surface area (TPSA) is 88.2 Å². The number of alkyl halides is 1. The summed E-state index contributed by atoms with van der Waals surface area (Å²) in [5, 5.41) is 3.42. The Labute approximate surface area is 378 Å². The van der Waals surface area contributed by atoms with Crippen LogP contribution in [0.5, 0.6) is 0 Å². The lowest BCUT2D eigenvalue weighted by atomic mass is 9.98. The first-order valence-corrected chi connectivity index (χ1v) is 26.7. The van der Waals surface area contributed by atoms with Crippen molar-refractivity contribution in [2.45, 2.75) is 238 Å². The zero-order valence-electron chi connectivity index (χ0n) is 39.2. The van der Waals surface area contributed by atoms with Crippen molar-refractivity contribution >= 4 is 40.3 Å². The Morgan fingerprint density at radius 2 is 1.05 bits per heavy atom. The summed E-state index contributed by atoms with van der Waals surface area (Å²) in [6.07, 6.45) is 38.5. The van der Waals surface area contributed by atoms with Gasteiger partial charge in [-0.15, -0.1) is 0 Å². The molecule has 0 aliphatic heterocycles. The van der Waals surface area contributed by atoms with Gasteiger partial charge in [0.25, 0.3) is 0 Å². The number of esters is 2. The molecule has 0 bridgehead atoms. The highest BCUT2D eigenvalue weighted by atomic mass is 127. The molecule has 0 spiro atoms. The van der Waals surface area contributed by atoms with Crippen molar-refractivity contribution in [3.63, 3.8) is 0 Å². The standard InChI is InChI=1S/C50H94IN3O5/c1-5-7-9-11-13-24-32-43-58-48(56)36-27-19-15-22-30-40-54(42-33-39-52-50-46(53(3)4)44-47(50)55)41-31-23-16-20-28-37-49(57)59-45(34-25-17-12-10-8-6-2)35-26-18-14-21-29-38-51/h45,52H,5-44H2,1-4H3. The maximum absolute atomic E-state index is 12.9. The summed E-state index contributed by atoms with van der Waals surface area (Å²) in [5.41, 5.74) is 1.92. The molecule has 0 aromatic heterocycles. The Morgan fingerprint density at radius 3 is 1.58 bits per heavy atom. The number of allylic oxidation sites excluding steroid dienone is 2. The van der Waals surface area contributed by atoms with Crippen LogP contribution in [-0.4, -0.2) is 84.9 Å². The van der Waals surface area contributed by atoms with E-state index in [9.17, 15) is 14.4 Å². The molecule has 0 radical (unpaired) electrons. The lowest BCUT2D eigenvalue weighted by molar-refractivity contribution is -0.150. The van der Waals surface area contributed by atoms with Gasteiger partial charge in [0.15, 0.2) is 5.78 Å². The molecule has 0 heterocycles. The minimum atomic E-state index is -0.0289. The summed E-state index contributed by atoms with van der Waals surface area (Å²) in [6, 6.07) is 0. The summed E-state index contributed by atoms with van der Waals surface area (Å²) in [7, 11) is 4.01. The summed E-state index contributed by atoms with van der Waals surface area (Å²) in [4.78, 5) is 41.8. The number of unbranched alkanes of at least 4 members (excludes halogenated alkanes) is 23. The molecule has 346 valence electrons. The largest absolute Gasteiger partial charge is 0.466 e. The molecule has 1 rings (SSSR count). The highest BCUT2D eigenvalue weighted by molar-refractivity contribution is 14.1. The van der Waals surface area contributed by atoms with Gasteiger partial charge in [-0.25, -0.2) is 0 Å². The van der Waals surface area contributed by atoms with Crippen LogP contribution in [0.3, 0.4) is 0 Å². The van der Waals surface area contributed by atoms with Crippen LogP contribution in [0, 0.1) is 0 Å². The van der Waals surface area contributed by atoms with E-state index in [1.165, 1.54) is 133 Å². The zero-order chi connectivity index (χ0) is 43.0. The Hall–Kier alpha value is -1.36. The molecule has 0 fully saturated rings. The summed E-state index contributed by atoms with van der Waals surface area (Å²) in [6.45, 7) is 9.12. The molecule has 0 aromatic carbocycles. The van der Waals surface area contributed by atoms with Gasteiger partial charge in [-0.05, 0) is 94.7 Å². The third-order valence-corrected chi connectivity index (χ3v) is 12.7. The van der Waals surface area contributed by atoms with Crippen molar-refractivity contribution in [1.82, 2.24) is 15.1 Å². The fourth-order valence-corrected chi connectivity index (χ4v) is 8.60.